The first-order chi connectivity index (χ1) is 7.24. The zero-order valence-corrected chi connectivity index (χ0v) is 9.31. The number of hydrogen-bond acceptors (Lipinski definition) is 3. The molecule has 0 fully saturated rings. The Hall–Kier alpha value is -1.49. The van der Waals surface area contributed by atoms with E-state index in [1.807, 2.05) is 24.5 Å². The normalized spacial score (nSPS) is 12.3. The summed E-state index contributed by atoms with van der Waals surface area (Å²) in [6.07, 6.45) is 1.98. The molecule has 78 valence electrons. The first kappa shape index (κ1) is 10.0. The predicted octanol–water partition coefficient (Wildman–Crippen LogP) is 1.60. The van der Waals surface area contributed by atoms with Crippen LogP contribution >= 0.6 is 11.8 Å². The highest BCUT2D eigenvalue weighted by molar-refractivity contribution is 8.13. The van der Waals surface area contributed by atoms with Crippen LogP contribution in [0.25, 0.3) is 11.0 Å². The molecule has 1 aromatic heterocycles. The van der Waals surface area contributed by atoms with Crippen molar-refractivity contribution in [2.75, 3.05) is 13.3 Å². The average molecular weight is 221 g/mol. The smallest absolute Gasteiger partial charge is 0.306 e. The molecule has 0 saturated heterocycles. The number of aromatic amines is 2. The fraction of sp³-hybridized carbons (Fsp3) is 0.200. The van der Waals surface area contributed by atoms with Crippen molar-refractivity contribution < 1.29 is 0 Å². The molecule has 0 bridgehead atoms. The van der Waals surface area contributed by atoms with Crippen molar-refractivity contribution in [3.63, 3.8) is 0 Å². The molecule has 1 heterocycles. The molecule has 15 heavy (non-hydrogen) atoms. The Labute approximate surface area is 90.8 Å². The maximum atomic E-state index is 11.1. The van der Waals surface area contributed by atoms with Gasteiger partial charge in [-0.15, -0.1) is 11.8 Å². The van der Waals surface area contributed by atoms with Gasteiger partial charge >= 0.3 is 5.69 Å². The van der Waals surface area contributed by atoms with Crippen molar-refractivity contribution in [2.45, 2.75) is 0 Å². The van der Waals surface area contributed by atoms with Crippen molar-refractivity contribution >= 4 is 27.8 Å². The summed E-state index contributed by atoms with van der Waals surface area (Å²) in [5.74, 6) is 0. The minimum Gasteiger partial charge on any atom is -0.306 e. The maximum absolute atomic E-state index is 11.1. The van der Waals surface area contributed by atoms with Gasteiger partial charge in [0.25, 0.3) is 0 Å². The number of nitrogens with zero attached hydrogens (tertiary/aromatic N) is 1. The molecule has 0 radical (unpaired) electrons. The van der Waals surface area contributed by atoms with Crippen LogP contribution in [0.15, 0.2) is 28.0 Å². The van der Waals surface area contributed by atoms with Gasteiger partial charge in [0.15, 0.2) is 0 Å². The van der Waals surface area contributed by atoms with Crippen LogP contribution in [0.2, 0.25) is 0 Å². The van der Waals surface area contributed by atoms with Gasteiger partial charge in [-0.25, -0.2) is 4.79 Å². The molecule has 0 aliphatic heterocycles. The van der Waals surface area contributed by atoms with Crippen molar-refractivity contribution in [1.29, 1.82) is 0 Å². The van der Waals surface area contributed by atoms with Gasteiger partial charge in [0.2, 0.25) is 0 Å². The molecule has 1 aromatic carbocycles. The average Bonchev–Trinajstić information content (AvgIpc) is 2.59. The highest BCUT2D eigenvalue weighted by Crippen LogP contribution is 2.15. The Bertz CT molecular complexity index is 567. The summed E-state index contributed by atoms with van der Waals surface area (Å²) in [7, 11) is 1.76. The van der Waals surface area contributed by atoms with Crippen LogP contribution in [0.4, 0.5) is 0 Å². The Balaban J connectivity index is 2.60. The summed E-state index contributed by atoms with van der Waals surface area (Å²) in [5.41, 5.74) is 2.47. The lowest BCUT2D eigenvalue weighted by Crippen LogP contribution is -1.99. The van der Waals surface area contributed by atoms with Crippen molar-refractivity contribution in [3.05, 3.63) is 34.2 Å². The summed E-state index contributed by atoms with van der Waals surface area (Å²) >= 11 is 1.59. The number of imidazole rings is 1. The molecule has 0 atom stereocenters. The van der Waals surface area contributed by atoms with Crippen LogP contribution in [-0.2, 0) is 0 Å². The van der Waals surface area contributed by atoms with Gasteiger partial charge in [0, 0.05) is 12.6 Å². The fourth-order valence-electron chi connectivity index (χ4n) is 1.50. The zero-order chi connectivity index (χ0) is 10.8. The van der Waals surface area contributed by atoms with E-state index >= 15 is 0 Å². The van der Waals surface area contributed by atoms with Gasteiger partial charge in [-0.2, -0.15) is 0 Å². The van der Waals surface area contributed by atoms with E-state index in [2.05, 4.69) is 15.0 Å². The molecule has 0 unspecified atom stereocenters. The third-order valence-electron chi connectivity index (χ3n) is 2.16. The number of aliphatic imine (C=N–C) groups is 1. The Morgan fingerprint density at radius 3 is 2.73 bits per heavy atom. The first-order valence-corrected chi connectivity index (χ1v) is 5.70. The van der Waals surface area contributed by atoms with Crippen molar-refractivity contribution in [3.8, 4) is 0 Å². The lowest BCUT2D eigenvalue weighted by molar-refractivity contribution is 1.21. The molecule has 2 N–H and O–H groups in total. The van der Waals surface area contributed by atoms with E-state index in [1.54, 1.807) is 18.8 Å². The molecule has 0 aliphatic rings. The fourth-order valence-corrected chi connectivity index (χ4v) is 2.05. The number of aromatic nitrogens is 2. The quantitative estimate of drug-likeness (QED) is 0.567. The highest BCUT2D eigenvalue weighted by Gasteiger charge is 2.03. The number of H-pyrrole nitrogens is 2. The summed E-state index contributed by atoms with van der Waals surface area (Å²) < 4.78 is 0. The molecular formula is C10H11N3OS. The van der Waals surface area contributed by atoms with Crippen LogP contribution in [0.5, 0.6) is 0 Å². The minimum absolute atomic E-state index is 0.179. The molecule has 5 heteroatoms. The van der Waals surface area contributed by atoms with E-state index in [9.17, 15) is 4.79 Å². The third-order valence-corrected chi connectivity index (χ3v) is 2.96. The van der Waals surface area contributed by atoms with Gasteiger partial charge in [0.1, 0.15) is 0 Å². The van der Waals surface area contributed by atoms with E-state index in [1.165, 1.54) is 0 Å². The number of hydrogen-bond donors (Lipinski definition) is 2. The number of thioether (sulfide) groups is 1. The molecule has 0 aliphatic carbocycles. The second kappa shape index (κ2) is 3.94. The largest absolute Gasteiger partial charge is 0.323 e. The Kier molecular flexibility index (Phi) is 2.64. The minimum atomic E-state index is -0.179. The number of rotatable bonds is 1. The molecule has 4 nitrogen and oxygen atoms in total. The van der Waals surface area contributed by atoms with E-state index in [0.29, 0.717) is 0 Å². The van der Waals surface area contributed by atoms with E-state index in [0.717, 1.165) is 21.6 Å². The predicted molar refractivity (Wildman–Crippen MR) is 64.9 cm³/mol. The summed E-state index contributed by atoms with van der Waals surface area (Å²) in [6, 6.07) is 5.75. The molecule has 2 rings (SSSR count). The topological polar surface area (TPSA) is 61.0 Å². The van der Waals surface area contributed by atoms with E-state index in [4.69, 9.17) is 0 Å². The van der Waals surface area contributed by atoms with Crippen LogP contribution in [0, 0.1) is 0 Å². The third kappa shape index (κ3) is 1.83. The molecule has 0 saturated carbocycles. The van der Waals surface area contributed by atoms with Crippen LogP contribution in [-0.4, -0.2) is 28.3 Å². The molecule has 0 amide bonds. The number of fused-ring (bicyclic) bond motifs is 1. The molecular weight excluding hydrogens is 210 g/mol. The van der Waals surface area contributed by atoms with Crippen molar-refractivity contribution in [1.82, 2.24) is 9.97 Å². The second-order valence-electron chi connectivity index (χ2n) is 3.07. The SMILES string of the molecule is CN=C(SC)c1ccc2[nH]c(=O)[nH]c2c1. The summed E-state index contributed by atoms with van der Waals surface area (Å²) in [5, 5.41) is 0.957. The zero-order valence-electron chi connectivity index (χ0n) is 8.50. The van der Waals surface area contributed by atoms with E-state index in [-0.39, 0.29) is 5.69 Å². The van der Waals surface area contributed by atoms with Gasteiger partial charge < -0.3 is 9.97 Å². The summed E-state index contributed by atoms with van der Waals surface area (Å²) in [4.78, 5) is 20.7. The van der Waals surface area contributed by atoms with Crippen molar-refractivity contribution in [2.24, 2.45) is 4.99 Å². The molecule has 2 aromatic rings. The molecule has 0 spiro atoms. The van der Waals surface area contributed by atoms with Crippen LogP contribution < -0.4 is 5.69 Å². The van der Waals surface area contributed by atoms with Gasteiger partial charge in [0.05, 0.1) is 16.1 Å². The number of nitrogens with one attached hydrogen (secondary N) is 2. The first-order valence-electron chi connectivity index (χ1n) is 4.48. The Morgan fingerprint density at radius 2 is 2.07 bits per heavy atom. The Morgan fingerprint density at radius 1 is 1.33 bits per heavy atom. The van der Waals surface area contributed by atoms with Crippen LogP contribution in [0.3, 0.4) is 0 Å². The van der Waals surface area contributed by atoms with E-state index < -0.39 is 0 Å². The van der Waals surface area contributed by atoms with Gasteiger partial charge in [-0.3, -0.25) is 4.99 Å². The van der Waals surface area contributed by atoms with Gasteiger partial charge in [-0.1, -0.05) is 6.07 Å². The highest BCUT2D eigenvalue weighted by atomic mass is 32.2. The standard InChI is InChI=1S/C10H11N3OS/c1-11-9(15-2)6-3-4-7-8(5-6)13-10(14)12-7/h3-5H,1-2H3,(H2,12,13,14). The van der Waals surface area contributed by atoms with Crippen LogP contribution in [0.1, 0.15) is 5.56 Å². The lowest BCUT2D eigenvalue weighted by atomic mass is 10.2. The lowest BCUT2D eigenvalue weighted by Gasteiger charge is -2.01. The van der Waals surface area contributed by atoms with Gasteiger partial charge in [-0.05, 0) is 18.4 Å². The summed E-state index contributed by atoms with van der Waals surface area (Å²) in [6.45, 7) is 0. The second-order valence-corrected chi connectivity index (χ2v) is 3.87. The maximum Gasteiger partial charge on any atom is 0.323 e. The monoisotopic (exact) mass is 221 g/mol. The number of benzene rings is 1.